The van der Waals surface area contributed by atoms with Gasteiger partial charge in [0.25, 0.3) is 0 Å². The summed E-state index contributed by atoms with van der Waals surface area (Å²) in [4.78, 5) is 68.1. The number of methoxy groups -OCH3 is 2. The topological polar surface area (TPSA) is 177 Å². The summed E-state index contributed by atoms with van der Waals surface area (Å²) in [7, 11) is 2.58. The van der Waals surface area contributed by atoms with E-state index in [1.165, 1.54) is 14.2 Å². The molecule has 5 heterocycles. The molecule has 15 nitrogen and oxygen atoms in total. The van der Waals surface area contributed by atoms with E-state index in [4.69, 9.17) is 23.9 Å². The molecule has 6 atom stereocenters. The first-order chi connectivity index (χ1) is 28.0. The van der Waals surface area contributed by atoms with Crippen LogP contribution in [-0.4, -0.2) is 105 Å². The number of carbonyl (C=O) groups is 4. The van der Waals surface area contributed by atoms with E-state index < -0.39 is 24.3 Å². The molecule has 0 aliphatic carbocycles. The fourth-order valence-electron chi connectivity index (χ4n) is 7.35. The largest absolute Gasteiger partial charge is 0.453 e. The van der Waals surface area contributed by atoms with Crippen LogP contribution in [0.1, 0.15) is 64.4 Å². The second-order valence-corrected chi connectivity index (χ2v) is 16.8. The Morgan fingerprint density at radius 1 is 0.810 bits per heavy atom. The Kier molecular flexibility index (Phi) is 12.6. The highest BCUT2D eigenvalue weighted by atomic mass is 32.2. The molecule has 3 N–H and O–H groups in total. The number of aromatic amines is 1. The highest BCUT2D eigenvalue weighted by molar-refractivity contribution is 7.99. The minimum Gasteiger partial charge on any atom is -0.453 e. The maximum atomic E-state index is 13.8. The number of nitrogens with one attached hydrogen (secondary N) is 3. The number of aliphatic imine (C=N–C) groups is 1. The predicted molar refractivity (Wildman–Crippen MR) is 223 cm³/mol. The van der Waals surface area contributed by atoms with Crippen molar-refractivity contribution in [2.45, 2.75) is 71.1 Å². The zero-order valence-corrected chi connectivity index (χ0v) is 35.0. The molecule has 0 saturated carbocycles. The summed E-state index contributed by atoms with van der Waals surface area (Å²) in [6.45, 7) is 7.86. The van der Waals surface area contributed by atoms with Gasteiger partial charge >= 0.3 is 12.2 Å². The van der Waals surface area contributed by atoms with Crippen LogP contribution in [0.3, 0.4) is 0 Å². The van der Waals surface area contributed by atoms with Crippen LogP contribution in [0.25, 0.3) is 16.8 Å². The van der Waals surface area contributed by atoms with E-state index in [0.29, 0.717) is 59.2 Å². The number of thioether (sulfide) groups is 2. The minimum absolute atomic E-state index is 0.0663. The first kappa shape index (κ1) is 41.0. The van der Waals surface area contributed by atoms with Crippen LogP contribution in [0.5, 0.6) is 23.0 Å². The van der Waals surface area contributed by atoms with E-state index in [-0.39, 0.29) is 35.7 Å². The molecule has 0 unspecified atom stereocenters. The monoisotopic (exact) mass is 831 g/mol. The molecule has 1 aromatic heterocycles. The van der Waals surface area contributed by atoms with E-state index in [0.717, 1.165) is 40.3 Å². The third-order valence-electron chi connectivity index (χ3n) is 11.3. The van der Waals surface area contributed by atoms with Crippen molar-refractivity contribution in [2.24, 2.45) is 16.8 Å². The van der Waals surface area contributed by atoms with Gasteiger partial charge in [-0.3, -0.25) is 14.6 Å². The lowest BCUT2D eigenvalue weighted by molar-refractivity contribution is -0.135. The fourth-order valence-corrected chi connectivity index (χ4v) is 9.72. The van der Waals surface area contributed by atoms with Gasteiger partial charge in [-0.1, -0.05) is 46.6 Å². The van der Waals surface area contributed by atoms with Crippen LogP contribution in [0.4, 0.5) is 9.59 Å². The van der Waals surface area contributed by atoms with Crippen LogP contribution < -0.4 is 20.1 Å². The van der Waals surface area contributed by atoms with Gasteiger partial charge in [0, 0.05) is 35.4 Å². The molecule has 308 valence electrons. The van der Waals surface area contributed by atoms with Crippen molar-refractivity contribution in [2.75, 3.05) is 37.5 Å². The summed E-state index contributed by atoms with van der Waals surface area (Å²) in [5.74, 6) is 4.89. The first-order valence-corrected chi connectivity index (χ1v) is 21.7. The van der Waals surface area contributed by atoms with Crippen LogP contribution in [0, 0.1) is 11.8 Å². The molecule has 2 aromatic carbocycles. The molecule has 4 aliphatic rings. The van der Waals surface area contributed by atoms with Gasteiger partial charge < -0.3 is 44.4 Å². The number of H-pyrrole nitrogens is 1. The molecule has 0 spiro atoms. The van der Waals surface area contributed by atoms with Crippen LogP contribution in [0.2, 0.25) is 0 Å². The Labute approximate surface area is 346 Å². The minimum atomic E-state index is -0.712. The van der Waals surface area contributed by atoms with Gasteiger partial charge in [0.2, 0.25) is 11.8 Å². The van der Waals surface area contributed by atoms with Gasteiger partial charge in [0.1, 0.15) is 17.9 Å². The van der Waals surface area contributed by atoms with Gasteiger partial charge in [-0.25, -0.2) is 14.6 Å². The molecule has 4 amide bonds. The summed E-state index contributed by atoms with van der Waals surface area (Å²) in [6.07, 6.45) is 4.36. The summed E-state index contributed by atoms with van der Waals surface area (Å²) in [5.41, 5.74) is 4.45. The molecule has 2 saturated heterocycles. The van der Waals surface area contributed by atoms with E-state index in [1.54, 1.807) is 34.6 Å². The van der Waals surface area contributed by atoms with E-state index in [1.807, 2.05) is 75.2 Å². The lowest BCUT2D eigenvalue weighted by Crippen LogP contribution is -2.54. The predicted octanol–water partition coefficient (Wildman–Crippen LogP) is 7.18. The maximum absolute atomic E-state index is 13.8. The first-order valence-electron chi connectivity index (χ1n) is 19.4. The molecule has 0 bridgehead atoms. The molecule has 2 fully saturated rings. The summed E-state index contributed by atoms with van der Waals surface area (Å²) in [6, 6.07) is 9.62. The van der Waals surface area contributed by atoms with E-state index in [2.05, 4.69) is 20.6 Å². The Bertz CT molecular complexity index is 2120. The molecule has 17 heteroatoms. The second-order valence-electron chi connectivity index (χ2n) is 14.8. The number of fused-ring (bicyclic) bond motifs is 2. The molecule has 3 aromatic rings. The van der Waals surface area contributed by atoms with Crippen molar-refractivity contribution in [1.82, 2.24) is 30.4 Å². The Morgan fingerprint density at radius 2 is 1.34 bits per heavy atom. The molecular formula is C41H49N7O8S2. The normalized spacial score (nSPS) is 20.3. The zero-order valence-electron chi connectivity index (χ0n) is 33.4. The van der Waals surface area contributed by atoms with Gasteiger partial charge in [-0.2, -0.15) is 0 Å². The van der Waals surface area contributed by atoms with Gasteiger partial charge in [0.05, 0.1) is 49.9 Å². The number of hydrogen-bond acceptors (Lipinski definition) is 12. The summed E-state index contributed by atoms with van der Waals surface area (Å²) >= 11 is 3.31. The van der Waals surface area contributed by atoms with Crippen molar-refractivity contribution in [3.63, 3.8) is 0 Å². The number of aromatic nitrogens is 2. The third-order valence-corrected chi connectivity index (χ3v) is 13.3. The SMILES string of the molecule is CC[C@H](C)[C@H](NC(=O)OC)C(=O)N1CSC[C@H]1C1=NC=C(c2ccc3c(c2)Oc2ccc(-c4cnc([C@@H]5CSCN5C(=O)[C@@H](NC(=O)OC)[C@@H](C)CC)[nH]4)cc2O3)C1. The zero-order chi connectivity index (χ0) is 41.1. The number of amides is 4. The Morgan fingerprint density at radius 3 is 1.91 bits per heavy atom. The number of rotatable bonds is 12. The Balaban J connectivity index is 1.00. The van der Waals surface area contributed by atoms with Crippen LogP contribution in [-0.2, 0) is 19.1 Å². The van der Waals surface area contributed by atoms with Crippen molar-refractivity contribution >= 4 is 58.8 Å². The molecule has 4 aliphatic heterocycles. The highest BCUT2D eigenvalue weighted by Crippen LogP contribution is 2.48. The lowest BCUT2D eigenvalue weighted by Gasteiger charge is -2.31. The Hall–Kier alpha value is -5.16. The number of nitrogens with zero attached hydrogens (tertiary/aromatic N) is 4. The summed E-state index contributed by atoms with van der Waals surface area (Å²) < 4.78 is 22.3. The van der Waals surface area contributed by atoms with Crippen molar-refractivity contribution in [3.05, 3.63) is 60.2 Å². The van der Waals surface area contributed by atoms with Gasteiger partial charge in [-0.15, -0.1) is 23.5 Å². The van der Waals surface area contributed by atoms with Crippen molar-refractivity contribution in [3.8, 4) is 34.3 Å². The number of ether oxygens (including phenoxy) is 4. The van der Waals surface area contributed by atoms with Crippen LogP contribution >= 0.6 is 23.5 Å². The number of imidazole rings is 1. The quantitative estimate of drug-likeness (QED) is 0.132. The standard InChI is InChI=1S/C41H49N7O8S2/c1-7-22(3)35(45-40(51)53-5)38(49)47-20-57-18-29(47)27-13-26(16-42-27)24-9-11-31-33(14-24)55-32-12-10-25(15-34(32)56-31)28-17-43-37(44-28)30-19-58-21-48(30)39(50)36(23(4)8-2)46-41(52)54-6/h9-12,14-17,22-23,29-30,35-36H,7-8,13,18-21H2,1-6H3,(H,43,44)(H,45,51)(H,46,52)/t22-,23-,29-,30-,35-,36-/m0/s1. The lowest BCUT2D eigenvalue weighted by atomic mass is 9.96. The van der Waals surface area contributed by atoms with E-state index in [9.17, 15) is 19.2 Å². The van der Waals surface area contributed by atoms with Crippen molar-refractivity contribution in [1.29, 1.82) is 0 Å². The average molecular weight is 832 g/mol. The number of alkyl carbamates (subject to hydrolysis) is 2. The van der Waals surface area contributed by atoms with Crippen molar-refractivity contribution < 1.29 is 38.1 Å². The average Bonchev–Trinajstić information content (AvgIpc) is 4.09. The molecular weight excluding hydrogens is 783 g/mol. The maximum Gasteiger partial charge on any atom is 0.407 e. The van der Waals surface area contributed by atoms with Gasteiger partial charge in [-0.05, 0) is 53.3 Å². The number of allylic oxidation sites excluding steroid dienone is 1. The van der Waals surface area contributed by atoms with E-state index >= 15 is 0 Å². The number of benzene rings is 2. The third kappa shape index (κ3) is 8.37. The second kappa shape index (κ2) is 17.8. The number of hydrogen-bond donors (Lipinski definition) is 3. The van der Waals surface area contributed by atoms with Crippen LogP contribution in [0.15, 0.2) is 53.8 Å². The fraction of sp³-hybridized carbons (Fsp3) is 0.463. The highest BCUT2D eigenvalue weighted by Gasteiger charge is 2.41. The molecule has 0 radical (unpaired) electrons. The summed E-state index contributed by atoms with van der Waals surface area (Å²) in [5, 5.41) is 5.48. The molecule has 7 rings (SSSR count). The molecule has 58 heavy (non-hydrogen) atoms. The smallest absolute Gasteiger partial charge is 0.407 e. The van der Waals surface area contributed by atoms with Gasteiger partial charge in [0.15, 0.2) is 23.0 Å². The number of carbonyl (C=O) groups excluding carboxylic acids is 4.